The summed E-state index contributed by atoms with van der Waals surface area (Å²) in [6, 6.07) is 6.84. The quantitative estimate of drug-likeness (QED) is 0.607. The van der Waals surface area contributed by atoms with Crippen LogP contribution in [0.1, 0.15) is 71.4 Å². The molecule has 0 saturated carbocycles. The van der Waals surface area contributed by atoms with Gasteiger partial charge in [-0.2, -0.15) is 0 Å². The van der Waals surface area contributed by atoms with Crippen molar-refractivity contribution in [3.63, 3.8) is 0 Å². The number of carbonyl (C=O) groups is 1. The summed E-state index contributed by atoms with van der Waals surface area (Å²) in [7, 11) is -1.94. The van der Waals surface area contributed by atoms with Crippen LogP contribution < -0.4 is 0 Å². The molecule has 2 saturated heterocycles. The maximum atomic E-state index is 13.5. The van der Waals surface area contributed by atoms with Gasteiger partial charge in [0.25, 0.3) is 0 Å². The highest BCUT2D eigenvalue weighted by atomic mass is 28.4. The lowest BCUT2D eigenvalue weighted by atomic mass is 9.77. The molecule has 2 heterocycles. The summed E-state index contributed by atoms with van der Waals surface area (Å²) >= 11 is 0. The number of amides is 1. The first-order valence-electron chi connectivity index (χ1n) is 10.2. The average molecular weight is 392 g/mol. The van der Waals surface area contributed by atoms with Crippen LogP contribution in [0.3, 0.4) is 0 Å². The van der Waals surface area contributed by atoms with Gasteiger partial charge in [-0.3, -0.25) is 4.79 Å². The summed E-state index contributed by atoms with van der Waals surface area (Å²) in [5.74, 6) is -0.00804. The van der Waals surface area contributed by atoms with E-state index in [1.807, 2.05) is 12.1 Å². The minimum absolute atomic E-state index is 0.0353. The smallest absolute Gasteiger partial charge is 0.223 e. The molecule has 1 aromatic carbocycles. The zero-order valence-electron chi connectivity index (χ0n) is 17.6. The number of nitrogens with zero attached hydrogens (tertiary/aromatic N) is 1. The maximum Gasteiger partial charge on any atom is 0.223 e. The first-order valence-corrected chi connectivity index (χ1v) is 13.1. The molecular weight excluding hydrogens is 357 g/mol. The third-order valence-electron chi connectivity index (χ3n) is 6.80. The molecule has 3 unspecified atom stereocenters. The molecule has 1 amide bonds. The highest BCUT2D eigenvalue weighted by molar-refractivity contribution is 6.74. The van der Waals surface area contributed by atoms with E-state index >= 15 is 0 Å². The molecule has 3 atom stereocenters. The van der Waals surface area contributed by atoms with Crippen LogP contribution in [0.4, 0.5) is 4.39 Å². The molecule has 0 aliphatic carbocycles. The van der Waals surface area contributed by atoms with Crippen molar-refractivity contribution in [1.82, 2.24) is 4.90 Å². The summed E-state index contributed by atoms with van der Waals surface area (Å²) in [6.07, 6.45) is 4.26. The number of halogens is 1. The molecule has 27 heavy (non-hydrogen) atoms. The van der Waals surface area contributed by atoms with Crippen LogP contribution in [0.15, 0.2) is 24.3 Å². The van der Waals surface area contributed by atoms with Crippen molar-refractivity contribution in [2.45, 2.75) is 95.6 Å². The number of fused-ring (bicyclic) bond motifs is 1. The largest absolute Gasteiger partial charge is 0.411 e. The second kappa shape index (κ2) is 7.00. The Bertz CT molecular complexity index is 697. The lowest BCUT2D eigenvalue weighted by molar-refractivity contribution is -0.149. The standard InChI is InChI=1S/C22H34FNO2Si/c1-21(2,3)27(5,6)26-22(4)14-18-8-7-9-20(25)24(18)19(15-22)16-10-12-17(23)13-11-16/h10-13,18-19H,7-9,14-15H2,1-6H3. The first-order chi connectivity index (χ1) is 12.4. The number of hydrogen-bond acceptors (Lipinski definition) is 2. The molecule has 150 valence electrons. The van der Waals surface area contributed by atoms with Crippen molar-refractivity contribution in [3.05, 3.63) is 35.6 Å². The molecular formula is C22H34FNO2Si. The van der Waals surface area contributed by atoms with Gasteiger partial charge in [0.1, 0.15) is 5.82 Å². The van der Waals surface area contributed by atoms with Crippen molar-refractivity contribution in [3.8, 4) is 0 Å². The number of benzene rings is 1. The predicted molar refractivity (Wildman–Crippen MR) is 110 cm³/mol. The fraction of sp³-hybridized carbons (Fsp3) is 0.682. The van der Waals surface area contributed by atoms with Crippen LogP contribution >= 0.6 is 0 Å². The molecule has 0 bridgehead atoms. The Labute approximate surface area is 164 Å². The van der Waals surface area contributed by atoms with Gasteiger partial charge >= 0.3 is 0 Å². The number of hydrogen-bond donors (Lipinski definition) is 0. The molecule has 3 nitrogen and oxygen atoms in total. The molecule has 2 fully saturated rings. The number of rotatable bonds is 3. The summed E-state index contributed by atoms with van der Waals surface area (Å²) in [5.41, 5.74) is 0.752. The topological polar surface area (TPSA) is 29.5 Å². The summed E-state index contributed by atoms with van der Waals surface area (Å²) in [6.45, 7) is 13.6. The summed E-state index contributed by atoms with van der Waals surface area (Å²) in [5, 5.41) is 0.140. The van der Waals surface area contributed by atoms with Crippen LogP contribution in [-0.2, 0) is 9.22 Å². The van der Waals surface area contributed by atoms with E-state index in [-0.39, 0.29) is 34.4 Å². The zero-order chi connectivity index (χ0) is 20.0. The molecule has 0 spiro atoms. The van der Waals surface area contributed by atoms with E-state index in [0.29, 0.717) is 6.42 Å². The fourth-order valence-corrected chi connectivity index (χ4v) is 6.20. The average Bonchev–Trinajstić information content (AvgIpc) is 2.52. The van der Waals surface area contributed by atoms with Crippen LogP contribution in [0.2, 0.25) is 18.1 Å². The Kier molecular flexibility index (Phi) is 5.32. The Morgan fingerprint density at radius 3 is 2.41 bits per heavy atom. The molecule has 0 N–H and O–H groups in total. The van der Waals surface area contributed by atoms with E-state index in [4.69, 9.17) is 4.43 Å². The minimum atomic E-state index is -1.94. The maximum absolute atomic E-state index is 13.5. The number of carbonyl (C=O) groups excluding carboxylic acids is 1. The van der Waals surface area contributed by atoms with Gasteiger partial charge in [0.2, 0.25) is 5.91 Å². The van der Waals surface area contributed by atoms with Gasteiger partial charge in [-0.25, -0.2) is 4.39 Å². The van der Waals surface area contributed by atoms with E-state index in [9.17, 15) is 9.18 Å². The summed E-state index contributed by atoms with van der Waals surface area (Å²) < 4.78 is 20.4. The van der Waals surface area contributed by atoms with Crippen LogP contribution in [0.5, 0.6) is 0 Å². The zero-order valence-corrected chi connectivity index (χ0v) is 18.6. The van der Waals surface area contributed by atoms with Gasteiger partial charge in [0.05, 0.1) is 11.6 Å². The van der Waals surface area contributed by atoms with E-state index < -0.39 is 8.32 Å². The molecule has 3 rings (SSSR count). The second-order valence-corrected chi connectivity index (χ2v) is 14.9. The van der Waals surface area contributed by atoms with E-state index in [0.717, 1.165) is 31.2 Å². The normalized spacial score (nSPS) is 29.6. The monoisotopic (exact) mass is 391 g/mol. The third kappa shape index (κ3) is 4.14. The highest BCUT2D eigenvalue weighted by Crippen LogP contribution is 2.48. The van der Waals surface area contributed by atoms with Crippen molar-refractivity contribution in [2.75, 3.05) is 0 Å². The third-order valence-corrected chi connectivity index (χ3v) is 11.4. The van der Waals surface area contributed by atoms with E-state index in [1.165, 1.54) is 12.1 Å². The van der Waals surface area contributed by atoms with Gasteiger partial charge < -0.3 is 9.33 Å². The van der Waals surface area contributed by atoms with Crippen molar-refractivity contribution < 1.29 is 13.6 Å². The Morgan fingerprint density at radius 2 is 1.81 bits per heavy atom. The van der Waals surface area contributed by atoms with Crippen molar-refractivity contribution >= 4 is 14.2 Å². The second-order valence-electron chi connectivity index (χ2n) is 10.1. The van der Waals surface area contributed by atoms with Crippen LogP contribution in [-0.4, -0.2) is 30.8 Å². The SMILES string of the molecule is CC1(O[Si](C)(C)C(C)(C)C)CC2CCCC(=O)N2C(c2ccc(F)cc2)C1. The van der Waals surface area contributed by atoms with E-state index in [1.54, 1.807) is 0 Å². The molecule has 2 aliphatic rings. The van der Waals surface area contributed by atoms with Crippen LogP contribution in [0, 0.1) is 5.82 Å². The summed E-state index contributed by atoms with van der Waals surface area (Å²) in [4.78, 5) is 14.8. The number of piperidine rings is 2. The highest BCUT2D eigenvalue weighted by Gasteiger charge is 2.50. The molecule has 1 aromatic rings. The van der Waals surface area contributed by atoms with Gasteiger partial charge in [0.15, 0.2) is 8.32 Å². The van der Waals surface area contributed by atoms with E-state index in [2.05, 4.69) is 45.7 Å². The van der Waals surface area contributed by atoms with Gasteiger partial charge in [-0.1, -0.05) is 32.9 Å². The minimum Gasteiger partial charge on any atom is -0.411 e. The Balaban J connectivity index is 1.95. The van der Waals surface area contributed by atoms with Crippen molar-refractivity contribution in [1.29, 1.82) is 0 Å². The predicted octanol–water partition coefficient (Wildman–Crippen LogP) is 5.82. The lowest BCUT2D eigenvalue weighted by Gasteiger charge is -2.54. The van der Waals surface area contributed by atoms with Gasteiger partial charge in [-0.05, 0) is 68.4 Å². The Morgan fingerprint density at radius 1 is 1.19 bits per heavy atom. The van der Waals surface area contributed by atoms with Crippen LogP contribution in [0.25, 0.3) is 0 Å². The van der Waals surface area contributed by atoms with Crippen molar-refractivity contribution in [2.24, 2.45) is 0 Å². The fourth-order valence-electron chi connectivity index (χ4n) is 4.49. The molecule has 2 aliphatic heterocycles. The molecule has 0 radical (unpaired) electrons. The lowest BCUT2D eigenvalue weighted by Crippen LogP contribution is -2.59. The molecule has 0 aromatic heterocycles. The van der Waals surface area contributed by atoms with Gasteiger partial charge in [-0.15, -0.1) is 0 Å². The first kappa shape index (κ1) is 20.5. The Hall–Kier alpha value is -1.20. The molecule has 5 heteroatoms. The van der Waals surface area contributed by atoms with Gasteiger partial charge in [0, 0.05) is 12.5 Å².